The quantitative estimate of drug-likeness (QED) is 0.374. The van der Waals surface area contributed by atoms with Crippen LogP contribution in [0.4, 0.5) is 13.2 Å². The first-order valence-corrected chi connectivity index (χ1v) is 12.0. The molecule has 5 nitrogen and oxygen atoms in total. The standard InChI is InChI=1S/C27H26ClF3N4O/c1-2-15-35-16-4-3-7-22(35)24(19-10-8-18(9-11-19)20-6-5-13-32-17-20)34-26(36)25-23(28)21(12-14-33-25)27(29,30)31/h2,5-6,8-14,17,22,24H,1,3-4,7,15-16H2,(H,34,36)/t22-,24-/m0/s1. The van der Waals surface area contributed by atoms with Crippen LogP contribution in [0.2, 0.25) is 5.02 Å². The lowest BCUT2D eigenvalue weighted by atomic mass is 9.89. The first kappa shape index (κ1) is 25.9. The fraction of sp³-hybridized carbons (Fsp3) is 0.296. The highest BCUT2D eigenvalue weighted by Crippen LogP contribution is 2.36. The number of aromatic nitrogens is 2. The number of halogens is 4. The van der Waals surface area contributed by atoms with Crippen molar-refractivity contribution in [2.45, 2.75) is 37.5 Å². The Hall–Kier alpha value is -3.23. The van der Waals surface area contributed by atoms with Crippen LogP contribution in [-0.2, 0) is 6.18 Å². The number of rotatable bonds is 7. The number of nitrogens with one attached hydrogen (secondary N) is 1. The molecule has 1 N–H and O–H groups in total. The van der Waals surface area contributed by atoms with Gasteiger partial charge < -0.3 is 5.32 Å². The minimum absolute atomic E-state index is 0.0745. The van der Waals surface area contributed by atoms with Gasteiger partial charge in [0.25, 0.3) is 5.91 Å². The van der Waals surface area contributed by atoms with E-state index in [-0.39, 0.29) is 6.04 Å². The van der Waals surface area contributed by atoms with Crippen LogP contribution in [0.25, 0.3) is 11.1 Å². The average molecular weight is 515 g/mol. The number of nitrogens with zero attached hydrogens (tertiary/aromatic N) is 3. The highest BCUT2D eigenvalue weighted by Gasteiger charge is 2.37. The summed E-state index contributed by atoms with van der Waals surface area (Å²) in [6.07, 6.45) is 4.34. The predicted octanol–water partition coefficient (Wildman–Crippen LogP) is 6.33. The van der Waals surface area contributed by atoms with Gasteiger partial charge in [-0.15, -0.1) is 6.58 Å². The maximum absolute atomic E-state index is 13.4. The summed E-state index contributed by atoms with van der Waals surface area (Å²) in [5.74, 6) is -0.753. The van der Waals surface area contributed by atoms with Gasteiger partial charge in [-0.3, -0.25) is 14.7 Å². The average Bonchev–Trinajstić information content (AvgIpc) is 2.88. The maximum atomic E-state index is 13.4. The van der Waals surface area contributed by atoms with Crippen molar-refractivity contribution in [3.63, 3.8) is 0 Å². The van der Waals surface area contributed by atoms with E-state index in [1.54, 1.807) is 12.4 Å². The zero-order valence-electron chi connectivity index (χ0n) is 19.5. The minimum Gasteiger partial charge on any atom is -0.342 e. The van der Waals surface area contributed by atoms with Gasteiger partial charge in [-0.05, 0) is 48.2 Å². The third-order valence-corrected chi connectivity index (χ3v) is 6.76. The number of carbonyl (C=O) groups is 1. The summed E-state index contributed by atoms with van der Waals surface area (Å²) in [6.45, 7) is 5.32. The maximum Gasteiger partial charge on any atom is 0.417 e. The first-order chi connectivity index (χ1) is 17.3. The SMILES string of the molecule is C=CCN1CCCC[C@H]1[C@@H](NC(=O)c1nccc(C(F)(F)F)c1Cl)c1ccc(-c2cccnc2)cc1. The third kappa shape index (κ3) is 5.77. The lowest BCUT2D eigenvalue weighted by Crippen LogP contribution is -2.49. The molecule has 0 radical (unpaired) electrons. The molecule has 1 saturated heterocycles. The lowest BCUT2D eigenvalue weighted by molar-refractivity contribution is -0.137. The van der Waals surface area contributed by atoms with Crippen molar-refractivity contribution in [3.8, 4) is 11.1 Å². The zero-order chi connectivity index (χ0) is 25.7. The molecule has 0 unspecified atom stereocenters. The van der Waals surface area contributed by atoms with E-state index in [4.69, 9.17) is 11.6 Å². The minimum atomic E-state index is -4.69. The van der Waals surface area contributed by atoms with Crippen LogP contribution in [0.3, 0.4) is 0 Å². The molecule has 2 atom stereocenters. The third-order valence-electron chi connectivity index (χ3n) is 6.37. The Morgan fingerprint density at radius 3 is 2.61 bits per heavy atom. The summed E-state index contributed by atoms with van der Waals surface area (Å²) >= 11 is 6.00. The van der Waals surface area contributed by atoms with Gasteiger partial charge in [0.1, 0.15) is 5.69 Å². The Kier molecular flexibility index (Phi) is 8.06. The molecule has 2 aromatic heterocycles. The van der Waals surface area contributed by atoms with Crippen molar-refractivity contribution in [2.24, 2.45) is 0 Å². The van der Waals surface area contributed by atoms with Gasteiger partial charge in [-0.2, -0.15) is 13.2 Å². The van der Waals surface area contributed by atoms with Gasteiger partial charge in [0.15, 0.2) is 0 Å². The lowest BCUT2D eigenvalue weighted by Gasteiger charge is -2.40. The van der Waals surface area contributed by atoms with E-state index in [1.807, 2.05) is 42.5 Å². The molecule has 0 aliphatic carbocycles. The summed E-state index contributed by atoms with van der Waals surface area (Å²) in [4.78, 5) is 23.5. The van der Waals surface area contributed by atoms with Gasteiger partial charge in [0, 0.05) is 31.2 Å². The predicted molar refractivity (Wildman–Crippen MR) is 134 cm³/mol. The van der Waals surface area contributed by atoms with Crippen molar-refractivity contribution in [2.75, 3.05) is 13.1 Å². The van der Waals surface area contributed by atoms with E-state index in [1.165, 1.54) is 0 Å². The molecule has 188 valence electrons. The summed E-state index contributed by atoms with van der Waals surface area (Å²) < 4.78 is 40.1. The normalized spacial score (nSPS) is 17.4. The molecule has 3 aromatic rings. The van der Waals surface area contributed by atoms with Gasteiger partial charge in [-0.1, -0.05) is 54.4 Å². The molecule has 1 fully saturated rings. The van der Waals surface area contributed by atoms with Crippen molar-refractivity contribution in [3.05, 3.63) is 95.6 Å². The van der Waals surface area contributed by atoms with E-state index in [2.05, 4.69) is 26.8 Å². The molecule has 36 heavy (non-hydrogen) atoms. The van der Waals surface area contributed by atoms with E-state index in [0.29, 0.717) is 6.54 Å². The van der Waals surface area contributed by atoms with Crippen LogP contribution < -0.4 is 5.32 Å². The van der Waals surface area contributed by atoms with Gasteiger partial charge in [0.05, 0.1) is 16.6 Å². The first-order valence-electron chi connectivity index (χ1n) is 11.7. The molecule has 3 heterocycles. The second kappa shape index (κ2) is 11.2. The molecule has 1 amide bonds. The largest absolute Gasteiger partial charge is 0.417 e. The number of amides is 1. The zero-order valence-corrected chi connectivity index (χ0v) is 20.3. The Bertz CT molecular complexity index is 1200. The topological polar surface area (TPSA) is 58.1 Å². The molecule has 1 aliphatic heterocycles. The summed E-state index contributed by atoms with van der Waals surface area (Å²) in [5, 5.41) is 2.24. The highest BCUT2D eigenvalue weighted by molar-refractivity contribution is 6.34. The second-order valence-electron chi connectivity index (χ2n) is 8.68. The highest BCUT2D eigenvalue weighted by atomic mass is 35.5. The van der Waals surface area contributed by atoms with Crippen LogP contribution in [0.5, 0.6) is 0 Å². The van der Waals surface area contributed by atoms with E-state index >= 15 is 0 Å². The van der Waals surface area contributed by atoms with Gasteiger partial charge in [0.2, 0.25) is 0 Å². The molecule has 1 aliphatic rings. The van der Waals surface area contributed by atoms with Crippen LogP contribution in [0, 0.1) is 0 Å². The van der Waals surface area contributed by atoms with Gasteiger partial charge >= 0.3 is 6.18 Å². The molecule has 1 aromatic carbocycles. The fourth-order valence-electron chi connectivity index (χ4n) is 4.64. The Morgan fingerprint density at radius 2 is 1.94 bits per heavy atom. The number of hydrogen-bond acceptors (Lipinski definition) is 4. The number of pyridine rings is 2. The van der Waals surface area contributed by atoms with Crippen LogP contribution >= 0.6 is 11.6 Å². The van der Waals surface area contributed by atoms with Crippen LogP contribution in [-0.4, -0.2) is 39.9 Å². The number of benzene rings is 1. The summed E-state index contributed by atoms with van der Waals surface area (Å²) in [7, 11) is 0. The van der Waals surface area contributed by atoms with Crippen molar-refractivity contribution < 1.29 is 18.0 Å². The summed E-state index contributed by atoms with van der Waals surface area (Å²) in [6, 6.07) is 11.7. The second-order valence-corrected chi connectivity index (χ2v) is 9.06. The summed E-state index contributed by atoms with van der Waals surface area (Å²) in [5.41, 5.74) is 1.21. The van der Waals surface area contributed by atoms with Crippen molar-refractivity contribution in [1.82, 2.24) is 20.2 Å². The number of likely N-dealkylation sites (tertiary alicyclic amines) is 1. The Morgan fingerprint density at radius 1 is 1.17 bits per heavy atom. The van der Waals surface area contributed by atoms with Crippen LogP contribution in [0.1, 0.15) is 46.9 Å². The molecule has 0 saturated carbocycles. The molecule has 9 heteroatoms. The Balaban J connectivity index is 1.69. The van der Waals surface area contributed by atoms with E-state index in [0.717, 1.165) is 54.8 Å². The number of hydrogen-bond donors (Lipinski definition) is 1. The van der Waals surface area contributed by atoms with E-state index in [9.17, 15) is 18.0 Å². The number of piperidine rings is 1. The molecule has 0 bridgehead atoms. The monoisotopic (exact) mass is 514 g/mol. The van der Waals surface area contributed by atoms with Crippen LogP contribution in [0.15, 0.2) is 73.7 Å². The Labute approximate surface area is 213 Å². The van der Waals surface area contributed by atoms with Gasteiger partial charge in [-0.25, -0.2) is 4.98 Å². The smallest absolute Gasteiger partial charge is 0.342 e. The molecule has 0 spiro atoms. The van der Waals surface area contributed by atoms with Crippen molar-refractivity contribution >= 4 is 17.5 Å². The van der Waals surface area contributed by atoms with E-state index < -0.39 is 34.4 Å². The molecular formula is C27H26ClF3N4O. The molecular weight excluding hydrogens is 489 g/mol. The fourth-order valence-corrected chi connectivity index (χ4v) is 4.94. The molecule has 4 rings (SSSR count). The number of carbonyl (C=O) groups excluding carboxylic acids is 1. The van der Waals surface area contributed by atoms with Crippen molar-refractivity contribution in [1.29, 1.82) is 0 Å². The number of alkyl halides is 3.